The van der Waals surface area contributed by atoms with Gasteiger partial charge in [0.15, 0.2) is 10.9 Å². The van der Waals surface area contributed by atoms with Crippen molar-refractivity contribution in [3.8, 4) is 22.9 Å². The minimum atomic E-state index is -0.166. The highest BCUT2D eigenvalue weighted by molar-refractivity contribution is 7.99. The zero-order valence-electron chi connectivity index (χ0n) is 18.4. The van der Waals surface area contributed by atoms with Crippen LogP contribution in [0.4, 0.5) is 5.69 Å². The summed E-state index contributed by atoms with van der Waals surface area (Å²) in [6.07, 6.45) is 1.64. The predicted octanol–water partition coefficient (Wildman–Crippen LogP) is 5.50. The number of amides is 1. The van der Waals surface area contributed by atoms with Gasteiger partial charge in [0.05, 0.1) is 18.0 Å². The van der Waals surface area contributed by atoms with Gasteiger partial charge in [0.1, 0.15) is 17.8 Å². The van der Waals surface area contributed by atoms with Crippen molar-refractivity contribution in [2.45, 2.75) is 19.0 Å². The van der Waals surface area contributed by atoms with Crippen LogP contribution in [0.2, 0.25) is 0 Å². The molecule has 0 spiro atoms. The molecule has 33 heavy (non-hydrogen) atoms. The highest BCUT2D eigenvalue weighted by Gasteiger charge is 2.13. The van der Waals surface area contributed by atoms with Crippen LogP contribution in [0, 0.1) is 6.92 Å². The number of nitrogens with one attached hydrogen (secondary N) is 1. The fraction of sp³-hybridized carbons (Fsp3) is 0.160. The molecule has 0 radical (unpaired) electrons. The number of aryl methyl sites for hydroxylation is 1. The third-order valence-corrected chi connectivity index (χ3v) is 5.63. The largest absolute Gasteiger partial charge is 0.494 e. The molecule has 1 amide bonds. The van der Waals surface area contributed by atoms with E-state index in [0.717, 1.165) is 11.4 Å². The van der Waals surface area contributed by atoms with Crippen LogP contribution < -0.4 is 14.8 Å². The first kappa shape index (κ1) is 22.4. The van der Waals surface area contributed by atoms with Crippen LogP contribution >= 0.6 is 11.8 Å². The van der Waals surface area contributed by atoms with E-state index in [1.165, 1.54) is 17.3 Å². The number of aromatic nitrogens is 3. The molecule has 8 heteroatoms. The number of carbonyl (C=O) groups excluding carboxylic acids is 1. The topological polar surface area (TPSA) is 78.3 Å². The van der Waals surface area contributed by atoms with E-state index in [1.54, 1.807) is 12.4 Å². The molecule has 0 unspecified atom stereocenters. The maximum Gasteiger partial charge on any atom is 0.234 e. The molecule has 0 aliphatic carbocycles. The first-order valence-corrected chi connectivity index (χ1v) is 11.5. The number of hydrogen-bond acceptors (Lipinski definition) is 6. The summed E-state index contributed by atoms with van der Waals surface area (Å²) in [6.45, 7) is 4.58. The van der Waals surface area contributed by atoms with E-state index in [-0.39, 0.29) is 11.7 Å². The fourth-order valence-electron chi connectivity index (χ4n) is 3.08. The number of thioether (sulfide) groups is 1. The van der Waals surface area contributed by atoms with Gasteiger partial charge in [-0.25, -0.2) is 0 Å². The number of anilines is 1. The Balaban J connectivity index is 1.39. The molecule has 3 aromatic carbocycles. The van der Waals surface area contributed by atoms with Gasteiger partial charge in [-0.1, -0.05) is 41.6 Å². The summed E-state index contributed by atoms with van der Waals surface area (Å²) < 4.78 is 13.3. The maximum atomic E-state index is 12.7. The van der Waals surface area contributed by atoms with Crippen molar-refractivity contribution < 1.29 is 14.3 Å². The summed E-state index contributed by atoms with van der Waals surface area (Å²) in [5.41, 5.74) is 2.71. The monoisotopic (exact) mass is 460 g/mol. The average Bonchev–Trinajstić information content (AvgIpc) is 3.30. The standard InChI is InChI=1S/C25H24N4O3S/c1-3-31-20-12-14-21(15-13-20)32-23-7-5-4-6-22(23)27-24(30)16-33-25-28-26-17-29(25)19-10-8-18(2)9-11-19/h4-15,17H,3,16H2,1-2H3,(H,27,30). The second-order valence-electron chi connectivity index (χ2n) is 7.16. The molecule has 1 heterocycles. The quantitative estimate of drug-likeness (QED) is 0.333. The van der Waals surface area contributed by atoms with Gasteiger partial charge < -0.3 is 14.8 Å². The van der Waals surface area contributed by atoms with E-state index in [4.69, 9.17) is 9.47 Å². The minimum Gasteiger partial charge on any atom is -0.494 e. The first-order chi connectivity index (χ1) is 16.1. The molecular weight excluding hydrogens is 436 g/mol. The Morgan fingerprint density at radius 3 is 2.48 bits per heavy atom. The lowest BCUT2D eigenvalue weighted by Gasteiger charge is -2.13. The van der Waals surface area contributed by atoms with Crippen molar-refractivity contribution in [3.63, 3.8) is 0 Å². The zero-order chi connectivity index (χ0) is 23.0. The molecular formula is C25H24N4O3S. The van der Waals surface area contributed by atoms with Gasteiger partial charge in [-0.3, -0.25) is 9.36 Å². The lowest BCUT2D eigenvalue weighted by atomic mass is 10.2. The number of para-hydroxylation sites is 2. The Morgan fingerprint density at radius 2 is 1.73 bits per heavy atom. The van der Waals surface area contributed by atoms with Gasteiger partial charge in [0, 0.05) is 5.69 Å². The SMILES string of the molecule is CCOc1ccc(Oc2ccccc2NC(=O)CSc2nncn2-c2ccc(C)cc2)cc1. The van der Waals surface area contributed by atoms with Gasteiger partial charge in [-0.05, 0) is 62.4 Å². The molecule has 0 aliphatic heterocycles. The van der Waals surface area contributed by atoms with Crippen molar-refractivity contribution in [2.75, 3.05) is 17.7 Å². The van der Waals surface area contributed by atoms with Crippen molar-refractivity contribution >= 4 is 23.4 Å². The van der Waals surface area contributed by atoms with E-state index in [2.05, 4.69) is 15.5 Å². The van der Waals surface area contributed by atoms with Crippen LogP contribution in [0.1, 0.15) is 12.5 Å². The van der Waals surface area contributed by atoms with Crippen LogP contribution in [-0.4, -0.2) is 33.0 Å². The van der Waals surface area contributed by atoms with Gasteiger partial charge in [0.25, 0.3) is 0 Å². The van der Waals surface area contributed by atoms with Crippen LogP contribution in [0.5, 0.6) is 17.2 Å². The molecule has 0 saturated carbocycles. The molecule has 7 nitrogen and oxygen atoms in total. The van der Waals surface area contributed by atoms with Gasteiger partial charge in [0.2, 0.25) is 5.91 Å². The number of ether oxygens (including phenoxy) is 2. The van der Waals surface area contributed by atoms with E-state index in [1.807, 2.05) is 85.1 Å². The maximum absolute atomic E-state index is 12.7. The minimum absolute atomic E-state index is 0.166. The zero-order valence-corrected chi connectivity index (χ0v) is 19.2. The molecule has 168 valence electrons. The van der Waals surface area contributed by atoms with Crippen LogP contribution in [0.15, 0.2) is 84.3 Å². The van der Waals surface area contributed by atoms with Gasteiger partial charge >= 0.3 is 0 Å². The Bertz CT molecular complexity index is 1210. The molecule has 0 atom stereocenters. The second-order valence-corrected chi connectivity index (χ2v) is 8.10. The van der Waals surface area contributed by atoms with E-state index < -0.39 is 0 Å². The second kappa shape index (κ2) is 10.7. The summed E-state index contributed by atoms with van der Waals surface area (Å²) in [4.78, 5) is 12.7. The smallest absolute Gasteiger partial charge is 0.234 e. The van der Waals surface area contributed by atoms with Gasteiger partial charge in [-0.2, -0.15) is 0 Å². The molecule has 0 saturated heterocycles. The summed E-state index contributed by atoms with van der Waals surface area (Å²) in [6, 6.07) is 22.7. The number of carbonyl (C=O) groups is 1. The molecule has 0 bridgehead atoms. The normalized spacial score (nSPS) is 10.6. The molecule has 1 N–H and O–H groups in total. The number of benzene rings is 3. The summed E-state index contributed by atoms with van der Waals surface area (Å²) in [5.74, 6) is 2.01. The van der Waals surface area contributed by atoms with Crippen molar-refractivity contribution in [2.24, 2.45) is 0 Å². The van der Waals surface area contributed by atoms with E-state index in [0.29, 0.717) is 28.9 Å². The lowest BCUT2D eigenvalue weighted by molar-refractivity contribution is -0.113. The highest BCUT2D eigenvalue weighted by atomic mass is 32.2. The van der Waals surface area contributed by atoms with Crippen molar-refractivity contribution in [3.05, 3.63) is 84.7 Å². The lowest BCUT2D eigenvalue weighted by Crippen LogP contribution is -2.15. The van der Waals surface area contributed by atoms with Crippen molar-refractivity contribution in [1.82, 2.24) is 14.8 Å². The van der Waals surface area contributed by atoms with Crippen LogP contribution in [0.25, 0.3) is 5.69 Å². The number of nitrogens with zero attached hydrogens (tertiary/aromatic N) is 3. The molecule has 0 aliphatic rings. The Hall–Kier alpha value is -3.78. The Labute approximate surface area is 196 Å². The summed E-state index contributed by atoms with van der Waals surface area (Å²) in [5, 5.41) is 11.7. The van der Waals surface area contributed by atoms with Crippen LogP contribution in [-0.2, 0) is 4.79 Å². The summed E-state index contributed by atoms with van der Waals surface area (Å²) >= 11 is 1.32. The van der Waals surface area contributed by atoms with Crippen molar-refractivity contribution in [1.29, 1.82) is 0 Å². The van der Waals surface area contributed by atoms with E-state index >= 15 is 0 Å². The molecule has 4 aromatic rings. The number of hydrogen-bond donors (Lipinski definition) is 1. The fourth-order valence-corrected chi connectivity index (χ4v) is 3.81. The number of rotatable bonds is 9. The summed E-state index contributed by atoms with van der Waals surface area (Å²) in [7, 11) is 0. The Morgan fingerprint density at radius 1 is 1.00 bits per heavy atom. The van der Waals surface area contributed by atoms with E-state index in [9.17, 15) is 4.79 Å². The first-order valence-electron chi connectivity index (χ1n) is 10.5. The Kier molecular flexibility index (Phi) is 7.26. The van der Waals surface area contributed by atoms with Gasteiger partial charge in [-0.15, -0.1) is 10.2 Å². The highest BCUT2D eigenvalue weighted by Crippen LogP contribution is 2.30. The average molecular weight is 461 g/mol. The molecule has 4 rings (SSSR count). The third kappa shape index (κ3) is 5.93. The third-order valence-electron chi connectivity index (χ3n) is 4.68. The predicted molar refractivity (Wildman–Crippen MR) is 130 cm³/mol. The van der Waals surface area contributed by atoms with Crippen LogP contribution in [0.3, 0.4) is 0 Å². The molecule has 1 aromatic heterocycles. The molecule has 0 fully saturated rings.